The van der Waals surface area contributed by atoms with Crippen molar-refractivity contribution in [2.24, 2.45) is 5.92 Å². The summed E-state index contributed by atoms with van der Waals surface area (Å²) in [5.41, 5.74) is 1.75. The van der Waals surface area contributed by atoms with Gasteiger partial charge in [-0.1, -0.05) is 26.0 Å². The van der Waals surface area contributed by atoms with Crippen LogP contribution in [0.5, 0.6) is 0 Å². The number of nitrogens with zero attached hydrogens (tertiary/aromatic N) is 2. The van der Waals surface area contributed by atoms with E-state index in [1.54, 1.807) is 41.3 Å². The lowest BCUT2D eigenvalue weighted by Gasteiger charge is -2.07. The predicted octanol–water partition coefficient (Wildman–Crippen LogP) is 3.39. The number of Topliss-reactive ketones (excluding diaryl/α,β-unsaturated/α-hetero) is 1. The minimum absolute atomic E-state index is 0.0426. The Morgan fingerprint density at radius 2 is 1.95 bits per heavy atom. The summed E-state index contributed by atoms with van der Waals surface area (Å²) < 4.78 is 1.79. The number of rotatable bonds is 5. The van der Waals surface area contributed by atoms with Crippen molar-refractivity contribution in [2.75, 3.05) is 10.6 Å². The molecular weight excluding hydrogens is 280 g/mol. The first kappa shape index (κ1) is 15.8. The van der Waals surface area contributed by atoms with E-state index in [4.69, 9.17) is 0 Å². The molecule has 0 aliphatic heterocycles. The molecule has 1 heterocycles. The average molecular weight is 300 g/mol. The number of carbonyl (C=O) groups is 2. The van der Waals surface area contributed by atoms with Crippen molar-refractivity contribution in [3.8, 4) is 0 Å². The maximum Gasteiger partial charge on any atom is 0.323 e. The summed E-state index contributed by atoms with van der Waals surface area (Å²) in [7, 11) is 0. The Bertz CT molecular complexity index is 676. The van der Waals surface area contributed by atoms with Gasteiger partial charge in [0.15, 0.2) is 5.78 Å². The minimum Gasteiger partial charge on any atom is -0.308 e. The summed E-state index contributed by atoms with van der Waals surface area (Å²) in [6, 6.07) is 6.44. The fourth-order valence-corrected chi connectivity index (χ4v) is 2.01. The third-order valence-corrected chi connectivity index (χ3v) is 2.97. The molecule has 2 aromatic rings. The van der Waals surface area contributed by atoms with Gasteiger partial charge >= 0.3 is 6.03 Å². The van der Waals surface area contributed by atoms with E-state index in [0.29, 0.717) is 22.9 Å². The largest absolute Gasteiger partial charge is 0.323 e. The first-order valence-corrected chi connectivity index (χ1v) is 7.15. The zero-order valence-corrected chi connectivity index (χ0v) is 13.0. The van der Waals surface area contributed by atoms with E-state index in [0.717, 1.165) is 6.54 Å². The fraction of sp³-hybridized carbons (Fsp3) is 0.312. The molecule has 0 aliphatic rings. The predicted molar refractivity (Wildman–Crippen MR) is 86.2 cm³/mol. The number of hydrogen-bond acceptors (Lipinski definition) is 3. The molecule has 0 saturated carbocycles. The van der Waals surface area contributed by atoms with Crippen molar-refractivity contribution < 1.29 is 9.59 Å². The van der Waals surface area contributed by atoms with Crippen molar-refractivity contribution in [1.29, 1.82) is 0 Å². The summed E-state index contributed by atoms with van der Waals surface area (Å²) in [4.78, 5) is 23.3. The molecule has 2 amide bonds. The Morgan fingerprint density at radius 3 is 2.64 bits per heavy atom. The summed E-state index contributed by atoms with van der Waals surface area (Å²) >= 11 is 0. The van der Waals surface area contributed by atoms with E-state index < -0.39 is 0 Å². The Morgan fingerprint density at radius 1 is 1.23 bits per heavy atom. The Kier molecular flexibility index (Phi) is 4.93. The van der Waals surface area contributed by atoms with Gasteiger partial charge in [0.1, 0.15) is 0 Å². The second-order valence-electron chi connectivity index (χ2n) is 5.56. The molecule has 6 heteroatoms. The number of amides is 2. The lowest BCUT2D eigenvalue weighted by Crippen LogP contribution is -2.19. The van der Waals surface area contributed by atoms with Crippen molar-refractivity contribution in [1.82, 2.24) is 9.78 Å². The van der Waals surface area contributed by atoms with E-state index >= 15 is 0 Å². The monoisotopic (exact) mass is 300 g/mol. The molecule has 0 unspecified atom stereocenters. The standard InChI is InChI=1S/C16H20N4O2/c1-11(2)9-20-10-15(8-17-20)19-16(22)18-14-6-4-5-13(7-14)12(3)21/h4-8,10-11H,9H2,1-3H3,(H2,18,19,22). The van der Waals surface area contributed by atoms with E-state index in [9.17, 15) is 9.59 Å². The van der Waals surface area contributed by atoms with Gasteiger partial charge in [0.2, 0.25) is 0 Å². The van der Waals surface area contributed by atoms with Gasteiger partial charge in [-0.25, -0.2) is 4.79 Å². The van der Waals surface area contributed by atoms with Gasteiger partial charge in [-0.3, -0.25) is 9.48 Å². The highest BCUT2D eigenvalue weighted by molar-refractivity contribution is 6.01. The van der Waals surface area contributed by atoms with Crippen LogP contribution in [-0.2, 0) is 6.54 Å². The van der Waals surface area contributed by atoms with Crippen LogP contribution >= 0.6 is 0 Å². The fourth-order valence-electron chi connectivity index (χ4n) is 2.01. The molecule has 0 aliphatic carbocycles. The molecule has 116 valence electrons. The van der Waals surface area contributed by atoms with Gasteiger partial charge in [0.25, 0.3) is 0 Å². The molecule has 0 bridgehead atoms. The number of nitrogens with one attached hydrogen (secondary N) is 2. The van der Waals surface area contributed by atoms with E-state index in [1.165, 1.54) is 6.92 Å². The van der Waals surface area contributed by atoms with Crippen LogP contribution in [0.4, 0.5) is 16.2 Å². The zero-order chi connectivity index (χ0) is 16.1. The number of ketones is 1. The molecule has 2 rings (SSSR count). The third-order valence-electron chi connectivity index (χ3n) is 2.97. The molecular formula is C16H20N4O2. The summed E-state index contributed by atoms with van der Waals surface area (Å²) in [5, 5.41) is 9.59. The van der Waals surface area contributed by atoms with E-state index in [2.05, 4.69) is 29.6 Å². The number of anilines is 2. The maximum absolute atomic E-state index is 12.0. The number of urea groups is 1. The van der Waals surface area contributed by atoms with Gasteiger partial charge < -0.3 is 10.6 Å². The average Bonchev–Trinajstić information content (AvgIpc) is 2.85. The second-order valence-corrected chi connectivity index (χ2v) is 5.56. The van der Waals surface area contributed by atoms with Crippen LogP contribution in [0.1, 0.15) is 31.1 Å². The molecule has 0 atom stereocenters. The molecule has 0 fully saturated rings. The number of benzene rings is 1. The topological polar surface area (TPSA) is 76.0 Å². The first-order chi connectivity index (χ1) is 10.4. The number of hydrogen-bond donors (Lipinski definition) is 2. The summed E-state index contributed by atoms with van der Waals surface area (Å²) in [5.74, 6) is 0.440. The molecule has 0 saturated heterocycles. The smallest absolute Gasteiger partial charge is 0.308 e. The SMILES string of the molecule is CC(=O)c1cccc(NC(=O)Nc2cnn(CC(C)C)c2)c1. The van der Waals surface area contributed by atoms with Gasteiger partial charge in [-0.15, -0.1) is 0 Å². The van der Waals surface area contributed by atoms with E-state index in [1.807, 2.05) is 0 Å². The van der Waals surface area contributed by atoms with E-state index in [-0.39, 0.29) is 11.8 Å². The van der Waals surface area contributed by atoms with Crippen molar-refractivity contribution in [3.63, 3.8) is 0 Å². The molecule has 0 spiro atoms. The second kappa shape index (κ2) is 6.89. The highest BCUT2D eigenvalue weighted by Crippen LogP contribution is 2.12. The van der Waals surface area contributed by atoms with Crippen molar-refractivity contribution >= 4 is 23.2 Å². The van der Waals surface area contributed by atoms with Crippen LogP contribution < -0.4 is 10.6 Å². The van der Waals surface area contributed by atoms with Crippen LogP contribution in [0.2, 0.25) is 0 Å². The zero-order valence-electron chi connectivity index (χ0n) is 13.0. The normalized spacial score (nSPS) is 10.5. The molecule has 0 radical (unpaired) electrons. The van der Waals surface area contributed by atoms with Gasteiger partial charge in [-0.05, 0) is 25.0 Å². The van der Waals surface area contributed by atoms with Crippen LogP contribution in [0.15, 0.2) is 36.7 Å². The van der Waals surface area contributed by atoms with Gasteiger partial charge in [0, 0.05) is 24.0 Å². The van der Waals surface area contributed by atoms with Gasteiger partial charge in [-0.2, -0.15) is 5.10 Å². The lowest BCUT2D eigenvalue weighted by atomic mass is 10.1. The van der Waals surface area contributed by atoms with Crippen molar-refractivity contribution in [3.05, 3.63) is 42.2 Å². The molecule has 2 N–H and O–H groups in total. The van der Waals surface area contributed by atoms with Crippen LogP contribution in [0, 0.1) is 5.92 Å². The van der Waals surface area contributed by atoms with Crippen molar-refractivity contribution in [2.45, 2.75) is 27.3 Å². The quantitative estimate of drug-likeness (QED) is 0.831. The molecule has 1 aromatic heterocycles. The summed E-state index contributed by atoms with van der Waals surface area (Å²) in [6.45, 7) is 6.49. The number of aromatic nitrogens is 2. The highest BCUT2D eigenvalue weighted by atomic mass is 16.2. The Labute approximate surface area is 129 Å². The number of carbonyl (C=O) groups excluding carboxylic acids is 2. The lowest BCUT2D eigenvalue weighted by molar-refractivity contribution is 0.101. The van der Waals surface area contributed by atoms with Gasteiger partial charge in [0.05, 0.1) is 11.9 Å². The van der Waals surface area contributed by atoms with Crippen LogP contribution in [-0.4, -0.2) is 21.6 Å². The Balaban J connectivity index is 1.96. The molecule has 6 nitrogen and oxygen atoms in total. The van der Waals surface area contributed by atoms with Crippen LogP contribution in [0.25, 0.3) is 0 Å². The molecule has 22 heavy (non-hydrogen) atoms. The maximum atomic E-state index is 12.0. The minimum atomic E-state index is -0.371. The highest BCUT2D eigenvalue weighted by Gasteiger charge is 2.07. The molecule has 1 aromatic carbocycles. The van der Waals surface area contributed by atoms with Crippen LogP contribution in [0.3, 0.4) is 0 Å². The first-order valence-electron chi connectivity index (χ1n) is 7.15. The third kappa shape index (κ3) is 4.44. The Hall–Kier alpha value is -2.63. The summed E-state index contributed by atoms with van der Waals surface area (Å²) in [6.07, 6.45) is 3.39.